The Balaban J connectivity index is 1.67. The molecule has 4 aromatic rings. The number of hydrogen-bond donors (Lipinski definition) is 1. The number of hydrogen-bond acceptors (Lipinski definition) is 7. The van der Waals surface area contributed by atoms with Crippen molar-refractivity contribution in [3.05, 3.63) is 89.0 Å². The lowest BCUT2D eigenvalue weighted by Crippen LogP contribution is -2.29. The van der Waals surface area contributed by atoms with Gasteiger partial charge in [0.25, 0.3) is 5.78 Å². The van der Waals surface area contributed by atoms with Gasteiger partial charge in [-0.15, -0.1) is 0 Å². The molecule has 1 aromatic heterocycles. The van der Waals surface area contributed by atoms with E-state index in [2.05, 4.69) is 4.98 Å². The number of carbonyl (C=O) groups excluding carboxylic acids is 2. The second-order valence-corrected chi connectivity index (χ2v) is 9.38. The van der Waals surface area contributed by atoms with Gasteiger partial charge in [0, 0.05) is 5.56 Å². The van der Waals surface area contributed by atoms with Crippen LogP contribution in [-0.2, 0) is 9.59 Å². The van der Waals surface area contributed by atoms with E-state index in [0.29, 0.717) is 39.9 Å². The summed E-state index contributed by atoms with van der Waals surface area (Å²) in [7, 11) is 1.55. The number of ketones is 1. The first-order valence-corrected chi connectivity index (χ1v) is 12.3. The minimum absolute atomic E-state index is 0.0169. The molecule has 8 heteroatoms. The van der Waals surface area contributed by atoms with Gasteiger partial charge in [0.2, 0.25) is 0 Å². The van der Waals surface area contributed by atoms with Crippen LogP contribution in [0.5, 0.6) is 11.5 Å². The second-order valence-electron chi connectivity index (χ2n) is 8.37. The first-order valence-electron chi connectivity index (χ1n) is 11.5. The van der Waals surface area contributed by atoms with E-state index in [1.54, 1.807) is 31.4 Å². The first-order chi connectivity index (χ1) is 17.4. The topological polar surface area (TPSA) is 89.0 Å². The van der Waals surface area contributed by atoms with Gasteiger partial charge in [-0.2, -0.15) is 0 Å². The Hall–Kier alpha value is -4.17. The third kappa shape index (κ3) is 4.09. The molecule has 182 valence electrons. The number of aliphatic hydroxyl groups excluding tert-OH is 1. The highest BCUT2D eigenvalue weighted by Crippen LogP contribution is 2.44. The van der Waals surface area contributed by atoms with Crippen LogP contribution >= 0.6 is 11.3 Å². The molecule has 0 saturated carbocycles. The number of aliphatic hydroxyl groups is 1. The number of ether oxygens (including phenoxy) is 2. The van der Waals surface area contributed by atoms with Crippen LogP contribution in [0, 0.1) is 6.92 Å². The van der Waals surface area contributed by atoms with Crippen LogP contribution in [0.2, 0.25) is 0 Å². The lowest BCUT2D eigenvalue weighted by Gasteiger charge is -2.23. The van der Waals surface area contributed by atoms with Crippen LogP contribution < -0.4 is 14.4 Å². The molecule has 1 aliphatic rings. The van der Waals surface area contributed by atoms with E-state index in [1.165, 1.54) is 16.2 Å². The first kappa shape index (κ1) is 23.6. The van der Waals surface area contributed by atoms with Gasteiger partial charge in [0.1, 0.15) is 17.3 Å². The van der Waals surface area contributed by atoms with Gasteiger partial charge in [0.05, 0.1) is 35.5 Å². The Morgan fingerprint density at radius 2 is 1.72 bits per heavy atom. The van der Waals surface area contributed by atoms with Gasteiger partial charge in [-0.1, -0.05) is 41.2 Å². The lowest BCUT2D eigenvalue weighted by atomic mass is 9.95. The summed E-state index contributed by atoms with van der Waals surface area (Å²) in [4.78, 5) is 32.8. The van der Waals surface area contributed by atoms with Gasteiger partial charge >= 0.3 is 5.91 Å². The summed E-state index contributed by atoms with van der Waals surface area (Å²) in [6.07, 6.45) is 0. The predicted molar refractivity (Wildman–Crippen MR) is 140 cm³/mol. The maximum atomic E-state index is 13.4. The van der Waals surface area contributed by atoms with Gasteiger partial charge < -0.3 is 14.6 Å². The Labute approximate surface area is 212 Å². The van der Waals surface area contributed by atoms with Crippen molar-refractivity contribution >= 4 is 44.1 Å². The average Bonchev–Trinajstić information content (AvgIpc) is 3.42. The number of nitrogens with zero attached hydrogens (tertiary/aromatic N) is 2. The normalized spacial score (nSPS) is 17.1. The molecular formula is C28H24N2O5S. The monoisotopic (exact) mass is 500 g/mol. The Morgan fingerprint density at radius 3 is 2.39 bits per heavy atom. The molecule has 7 nitrogen and oxygen atoms in total. The number of rotatable bonds is 6. The fourth-order valence-electron chi connectivity index (χ4n) is 4.25. The van der Waals surface area contributed by atoms with Crippen LogP contribution in [0.25, 0.3) is 16.0 Å². The molecule has 0 radical (unpaired) electrons. The zero-order valence-electron chi connectivity index (χ0n) is 20.0. The van der Waals surface area contributed by atoms with Crippen molar-refractivity contribution in [2.24, 2.45) is 0 Å². The molecule has 1 fully saturated rings. The molecule has 1 N–H and O–H groups in total. The third-order valence-electron chi connectivity index (χ3n) is 6.07. The molecule has 2 heterocycles. The number of thiazole rings is 1. The summed E-state index contributed by atoms with van der Waals surface area (Å²) in [5.41, 5.74) is 2.86. The average molecular weight is 501 g/mol. The molecule has 0 bridgehead atoms. The number of amides is 1. The van der Waals surface area contributed by atoms with Crippen molar-refractivity contribution in [3.8, 4) is 11.5 Å². The summed E-state index contributed by atoms with van der Waals surface area (Å²) in [6, 6.07) is 18.9. The van der Waals surface area contributed by atoms with E-state index in [-0.39, 0.29) is 11.3 Å². The molecule has 0 aliphatic carbocycles. The molecule has 1 amide bonds. The molecular weight excluding hydrogens is 476 g/mol. The van der Waals surface area contributed by atoms with E-state index < -0.39 is 17.7 Å². The highest BCUT2D eigenvalue weighted by molar-refractivity contribution is 7.22. The summed E-state index contributed by atoms with van der Waals surface area (Å²) in [5.74, 6) is -0.425. The van der Waals surface area contributed by atoms with E-state index in [9.17, 15) is 14.7 Å². The number of carbonyl (C=O) groups is 2. The summed E-state index contributed by atoms with van der Waals surface area (Å²) in [6.45, 7) is 4.40. The van der Waals surface area contributed by atoms with Gasteiger partial charge in [-0.3, -0.25) is 14.5 Å². The number of benzene rings is 3. The molecule has 1 saturated heterocycles. The Morgan fingerprint density at radius 1 is 1.03 bits per heavy atom. The molecule has 0 unspecified atom stereocenters. The van der Waals surface area contributed by atoms with E-state index in [4.69, 9.17) is 9.47 Å². The molecule has 0 spiro atoms. The molecule has 3 aromatic carbocycles. The Bertz CT molecular complexity index is 1490. The molecule has 1 aliphatic heterocycles. The summed E-state index contributed by atoms with van der Waals surface area (Å²) < 4.78 is 11.6. The standard InChI is InChI=1S/C28H24N2O5S/c1-4-35-20-13-14-21-22(15-20)36-28(29-21)30-24(17-7-5-16(2)6-8-17)23(26(32)27(30)33)25(31)18-9-11-19(34-3)12-10-18/h5-15,24,31H,4H2,1-3H3/b25-23+/t24-/m1/s1. The van der Waals surface area contributed by atoms with Crippen molar-refractivity contribution in [3.63, 3.8) is 0 Å². The number of methoxy groups -OCH3 is 1. The quantitative estimate of drug-likeness (QED) is 0.209. The van der Waals surface area contributed by atoms with Crippen molar-refractivity contribution in [1.29, 1.82) is 0 Å². The van der Waals surface area contributed by atoms with E-state index in [1.807, 2.05) is 56.3 Å². The smallest absolute Gasteiger partial charge is 0.301 e. The number of Topliss-reactive ketones (excluding diaryl/α,β-unsaturated/α-hetero) is 1. The fraction of sp³-hybridized carbons (Fsp3) is 0.179. The maximum Gasteiger partial charge on any atom is 0.301 e. The second kappa shape index (κ2) is 9.47. The molecule has 36 heavy (non-hydrogen) atoms. The van der Waals surface area contributed by atoms with Gasteiger partial charge in [-0.05, 0) is 61.9 Å². The van der Waals surface area contributed by atoms with Crippen molar-refractivity contribution in [1.82, 2.24) is 4.98 Å². The number of fused-ring (bicyclic) bond motifs is 1. The number of aryl methyl sites for hydroxylation is 1. The lowest BCUT2D eigenvalue weighted by molar-refractivity contribution is -0.132. The van der Waals surface area contributed by atoms with Crippen molar-refractivity contribution in [2.75, 3.05) is 18.6 Å². The SMILES string of the molecule is CCOc1ccc2nc(N3C(=O)C(=O)/C(=C(/O)c4ccc(OC)cc4)[C@H]3c3ccc(C)cc3)sc2c1. The fourth-order valence-corrected chi connectivity index (χ4v) is 5.27. The highest BCUT2D eigenvalue weighted by Gasteiger charge is 2.48. The van der Waals surface area contributed by atoms with Crippen LogP contribution in [0.15, 0.2) is 72.3 Å². The van der Waals surface area contributed by atoms with Crippen LogP contribution in [-0.4, -0.2) is 35.5 Å². The molecule has 5 rings (SSSR count). The van der Waals surface area contributed by atoms with Crippen LogP contribution in [0.4, 0.5) is 5.13 Å². The third-order valence-corrected chi connectivity index (χ3v) is 7.08. The maximum absolute atomic E-state index is 13.4. The minimum Gasteiger partial charge on any atom is -0.507 e. The highest BCUT2D eigenvalue weighted by atomic mass is 32.1. The van der Waals surface area contributed by atoms with Crippen LogP contribution in [0.3, 0.4) is 0 Å². The molecule has 1 atom stereocenters. The van der Waals surface area contributed by atoms with Crippen molar-refractivity contribution in [2.45, 2.75) is 19.9 Å². The van der Waals surface area contributed by atoms with E-state index in [0.717, 1.165) is 10.3 Å². The zero-order valence-corrected chi connectivity index (χ0v) is 20.8. The largest absolute Gasteiger partial charge is 0.507 e. The summed E-state index contributed by atoms with van der Waals surface area (Å²) >= 11 is 1.30. The predicted octanol–water partition coefficient (Wildman–Crippen LogP) is 5.64. The van der Waals surface area contributed by atoms with Gasteiger partial charge in [-0.25, -0.2) is 4.98 Å². The zero-order chi connectivity index (χ0) is 25.4. The van der Waals surface area contributed by atoms with E-state index >= 15 is 0 Å². The summed E-state index contributed by atoms with van der Waals surface area (Å²) in [5, 5.41) is 11.6. The minimum atomic E-state index is -0.834. The number of aromatic nitrogens is 1. The Kier molecular flexibility index (Phi) is 6.20. The van der Waals surface area contributed by atoms with Gasteiger partial charge in [0.15, 0.2) is 5.13 Å². The van der Waals surface area contributed by atoms with Crippen molar-refractivity contribution < 1.29 is 24.2 Å². The van der Waals surface area contributed by atoms with Crippen LogP contribution in [0.1, 0.15) is 29.7 Å². The number of anilines is 1.